The van der Waals surface area contributed by atoms with Crippen LogP contribution >= 0.6 is 11.3 Å². The third-order valence-corrected chi connectivity index (χ3v) is 8.34. The Labute approximate surface area is 237 Å². The molecule has 5 rings (SSSR count). The normalized spacial score (nSPS) is 23.1. The molecule has 214 valence electrons. The van der Waals surface area contributed by atoms with Crippen molar-refractivity contribution in [3.8, 4) is 11.1 Å². The molecule has 2 saturated carbocycles. The largest absolute Gasteiger partial charge is 0.390 e. The quantitative estimate of drug-likeness (QED) is 0.259. The monoisotopic (exact) mass is 568 g/mol. The van der Waals surface area contributed by atoms with Gasteiger partial charge in [0.2, 0.25) is 11.8 Å². The summed E-state index contributed by atoms with van der Waals surface area (Å²) >= 11 is 1.44. The number of nitrogens with one attached hydrogen (secondary N) is 3. The number of benzene rings is 1. The Morgan fingerprint density at radius 1 is 1.18 bits per heavy atom. The average molecular weight is 569 g/mol. The number of aromatic nitrogens is 3. The summed E-state index contributed by atoms with van der Waals surface area (Å²) < 4.78 is 11.6. The number of rotatable bonds is 12. The lowest BCUT2D eigenvalue weighted by atomic mass is 9.79. The SMILES string of the molecule is COCC(=O)NC[C@H](C)N[C@H]1C[C@@H](C(=O)Nc2nc3ccc(-c4cnc(CO[C@H]5CCC[C@@H]5O)nc4)cc3s2)C1. The molecular formula is C28H36N6O5S. The lowest BCUT2D eigenvalue weighted by molar-refractivity contribution is -0.124. The van der Waals surface area contributed by atoms with Crippen LogP contribution in [0.15, 0.2) is 30.6 Å². The molecule has 0 aliphatic heterocycles. The number of hydrogen-bond donors (Lipinski definition) is 4. The van der Waals surface area contributed by atoms with Crippen molar-refractivity contribution in [2.45, 2.75) is 69.9 Å². The summed E-state index contributed by atoms with van der Waals surface area (Å²) in [6, 6.07) is 6.29. The van der Waals surface area contributed by atoms with E-state index in [9.17, 15) is 14.7 Å². The second kappa shape index (κ2) is 13.1. The lowest BCUT2D eigenvalue weighted by Crippen LogP contribution is -2.51. The highest BCUT2D eigenvalue weighted by Crippen LogP contribution is 2.33. The van der Waals surface area contributed by atoms with Crippen LogP contribution < -0.4 is 16.0 Å². The molecule has 0 unspecified atom stereocenters. The number of ether oxygens (including phenoxy) is 2. The maximum absolute atomic E-state index is 12.8. The highest BCUT2D eigenvalue weighted by atomic mass is 32.1. The average Bonchev–Trinajstić information content (AvgIpc) is 3.52. The first-order chi connectivity index (χ1) is 19.4. The predicted molar refractivity (Wildman–Crippen MR) is 152 cm³/mol. The predicted octanol–water partition coefficient (Wildman–Crippen LogP) is 2.64. The Bertz CT molecular complexity index is 1310. The zero-order valence-electron chi connectivity index (χ0n) is 22.8. The molecule has 3 aromatic rings. The van der Waals surface area contributed by atoms with Gasteiger partial charge in [-0.05, 0) is 56.7 Å². The fraction of sp³-hybridized carbons (Fsp3) is 0.536. The van der Waals surface area contributed by atoms with Crippen LogP contribution in [-0.4, -0.2) is 76.4 Å². The molecule has 1 aromatic carbocycles. The minimum Gasteiger partial charge on any atom is -0.390 e. The molecule has 2 aliphatic rings. The minimum absolute atomic E-state index is 0.0188. The van der Waals surface area contributed by atoms with Gasteiger partial charge in [0.05, 0.1) is 22.4 Å². The highest BCUT2D eigenvalue weighted by molar-refractivity contribution is 7.22. The van der Waals surface area contributed by atoms with Gasteiger partial charge in [0.15, 0.2) is 11.0 Å². The van der Waals surface area contributed by atoms with Gasteiger partial charge in [-0.2, -0.15) is 0 Å². The Hall–Kier alpha value is -3.03. The topological polar surface area (TPSA) is 148 Å². The summed E-state index contributed by atoms with van der Waals surface area (Å²) in [7, 11) is 1.49. The molecular weight excluding hydrogens is 532 g/mol. The van der Waals surface area contributed by atoms with Crippen molar-refractivity contribution in [2.24, 2.45) is 5.92 Å². The van der Waals surface area contributed by atoms with E-state index in [-0.39, 0.29) is 49.1 Å². The molecule has 0 bridgehead atoms. The van der Waals surface area contributed by atoms with Gasteiger partial charge >= 0.3 is 0 Å². The second-order valence-electron chi connectivity index (χ2n) is 10.6. The standard InChI is InChI=1S/C28H36N6O5S/c1-16(11-31-26(36)15-38-2)32-20-8-18(9-20)27(37)34-28-33-21-7-6-17(10-24(21)40-28)19-12-29-25(30-13-19)14-39-23-5-3-4-22(23)35/h6-7,10,12-13,16,18,20,22-23,32,35H,3-5,8-9,11,14-15H2,1-2H3,(H,31,36)(H,33,34,37)/t16-,18-,20+,22-,23-/m0/s1. The molecule has 2 aromatic heterocycles. The molecule has 40 heavy (non-hydrogen) atoms. The second-order valence-corrected chi connectivity index (χ2v) is 11.6. The molecule has 12 heteroatoms. The number of carbonyl (C=O) groups excluding carboxylic acids is 2. The Balaban J connectivity index is 1.10. The van der Waals surface area contributed by atoms with Crippen LogP contribution in [0.4, 0.5) is 5.13 Å². The summed E-state index contributed by atoms with van der Waals surface area (Å²) in [6.07, 6.45) is 7.15. The van der Waals surface area contributed by atoms with Gasteiger partial charge in [-0.3, -0.25) is 9.59 Å². The van der Waals surface area contributed by atoms with E-state index in [2.05, 4.69) is 30.9 Å². The van der Waals surface area contributed by atoms with E-state index in [1.807, 2.05) is 25.1 Å². The number of anilines is 1. The van der Waals surface area contributed by atoms with Crippen molar-refractivity contribution in [3.05, 3.63) is 36.4 Å². The first-order valence-electron chi connectivity index (χ1n) is 13.7. The van der Waals surface area contributed by atoms with E-state index in [0.29, 0.717) is 17.5 Å². The van der Waals surface area contributed by atoms with Gasteiger partial charge in [0.25, 0.3) is 0 Å². The molecule has 0 spiro atoms. The van der Waals surface area contributed by atoms with E-state index in [1.165, 1.54) is 18.4 Å². The van der Waals surface area contributed by atoms with Crippen LogP contribution in [0.3, 0.4) is 0 Å². The van der Waals surface area contributed by atoms with Crippen molar-refractivity contribution < 1.29 is 24.2 Å². The number of carbonyl (C=O) groups is 2. The molecule has 4 N–H and O–H groups in total. The molecule has 2 amide bonds. The van der Waals surface area contributed by atoms with Crippen LogP contribution in [0.2, 0.25) is 0 Å². The lowest BCUT2D eigenvalue weighted by Gasteiger charge is -2.36. The van der Waals surface area contributed by atoms with Crippen molar-refractivity contribution in [3.63, 3.8) is 0 Å². The summed E-state index contributed by atoms with van der Waals surface area (Å²) in [5.74, 6) is 0.364. The number of hydrogen-bond acceptors (Lipinski definition) is 10. The van der Waals surface area contributed by atoms with E-state index in [4.69, 9.17) is 9.47 Å². The third-order valence-electron chi connectivity index (χ3n) is 7.41. The molecule has 0 radical (unpaired) electrons. The van der Waals surface area contributed by atoms with Gasteiger partial charge in [0.1, 0.15) is 13.2 Å². The maximum atomic E-state index is 12.8. The zero-order chi connectivity index (χ0) is 28.1. The van der Waals surface area contributed by atoms with Gasteiger partial charge in [-0.25, -0.2) is 15.0 Å². The van der Waals surface area contributed by atoms with E-state index in [1.54, 1.807) is 12.4 Å². The molecule has 11 nitrogen and oxygen atoms in total. The van der Waals surface area contributed by atoms with Gasteiger partial charge in [0, 0.05) is 49.6 Å². The van der Waals surface area contributed by atoms with Crippen LogP contribution in [-0.2, 0) is 25.7 Å². The summed E-state index contributed by atoms with van der Waals surface area (Å²) in [6.45, 7) is 2.85. The van der Waals surface area contributed by atoms with Gasteiger partial charge in [-0.1, -0.05) is 17.4 Å². The number of thiazole rings is 1. The minimum atomic E-state index is -0.398. The first kappa shape index (κ1) is 28.5. The number of nitrogens with zero attached hydrogens (tertiary/aromatic N) is 3. The number of amides is 2. The summed E-state index contributed by atoms with van der Waals surface area (Å²) in [5, 5.41) is 19.7. The molecule has 2 heterocycles. The fourth-order valence-electron chi connectivity index (χ4n) is 5.10. The third kappa shape index (κ3) is 7.18. The Kier molecular flexibility index (Phi) is 9.33. The summed E-state index contributed by atoms with van der Waals surface area (Å²) in [5.41, 5.74) is 2.67. The van der Waals surface area contributed by atoms with Gasteiger partial charge < -0.3 is 30.5 Å². The fourth-order valence-corrected chi connectivity index (χ4v) is 6.01. The molecule has 2 fully saturated rings. The molecule has 3 atom stereocenters. The molecule has 0 saturated heterocycles. The smallest absolute Gasteiger partial charge is 0.246 e. The molecule has 2 aliphatic carbocycles. The number of fused-ring (bicyclic) bond motifs is 1. The van der Waals surface area contributed by atoms with E-state index < -0.39 is 6.10 Å². The van der Waals surface area contributed by atoms with Crippen LogP contribution in [0.5, 0.6) is 0 Å². The Morgan fingerprint density at radius 2 is 1.98 bits per heavy atom. The summed E-state index contributed by atoms with van der Waals surface area (Å²) in [4.78, 5) is 37.8. The first-order valence-corrected chi connectivity index (χ1v) is 14.5. The number of aliphatic hydroxyl groups excluding tert-OH is 1. The van der Waals surface area contributed by atoms with Crippen molar-refractivity contribution in [2.75, 3.05) is 25.6 Å². The van der Waals surface area contributed by atoms with E-state index in [0.717, 1.165) is 53.4 Å². The van der Waals surface area contributed by atoms with Crippen LogP contribution in [0, 0.1) is 5.92 Å². The number of methoxy groups -OCH3 is 1. The van der Waals surface area contributed by atoms with E-state index >= 15 is 0 Å². The van der Waals surface area contributed by atoms with Crippen LogP contribution in [0.25, 0.3) is 21.3 Å². The highest BCUT2D eigenvalue weighted by Gasteiger charge is 2.35. The number of aliphatic hydroxyl groups is 1. The maximum Gasteiger partial charge on any atom is 0.246 e. The van der Waals surface area contributed by atoms with Crippen molar-refractivity contribution in [1.82, 2.24) is 25.6 Å². The zero-order valence-corrected chi connectivity index (χ0v) is 23.6. The van der Waals surface area contributed by atoms with Crippen molar-refractivity contribution >= 4 is 38.5 Å². The van der Waals surface area contributed by atoms with Crippen molar-refractivity contribution in [1.29, 1.82) is 0 Å². The Morgan fingerprint density at radius 3 is 2.70 bits per heavy atom. The van der Waals surface area contributed by atoms with Gasteiger partial charge in [-0.15, -0.1) is 0 Å². The van der Waals surface area contributed by atoms with Crippen LogP contribution in [0.1, 0.15) is 44.9 Å².